The number of β-lactam (4-membered cyclic amide) rings is 1. The van der Waals surface area contributed by atoms with Crippen molar-refractivity contribution < 1.29 is 43.3 Å². The highest BCUT2D eigenvalue weighted by atomic mass is 32.2. The van der Waals surface area contributed by atoms with Crippen molar-refractivity contribution in [1.29, 1.82) is 0 Å². The summed E-state index contributed by atoms with van der Waals surface area (Å²) in [6.07, 6.45) is -0.561. The number of benzene rings is 4. The van der Waals surface area contributed by atoms with E-state index < -0.39 is 47.4 Å². The summed E-state index contributed by atoms with van der Waals surface area (Å²) in [7, 11) is 0. The molecule has 0 aliphatic carbocycles. The number of carbonyl (C=O) groups excluding carboxylic acids is 5. The van der Waals surface area contributed by atoms with Crippen LogP contribution in [0, 0.1) is 0 Å². The summed E-state index contributed by atoms with van der Waals surface area (Å²) < 4.78 is 16.7. The normalized spacial score (nSPS) is 16.2. The molecule has 13 nitrogen and oxygen atoms in total. The quantitative estimate of drug-likeness (QED) is 0.0460. The fourth-order valence-electron chi connectivity index (χ4n) is 6.16. The van der Waals surface area contributed by atoms with Crippen LogP contribution in [0.15, 0.2) is 144 Å². The highest BCUT2D eigenvalue weighted by molar-refractivity contribution is 8.00. The Balaban J connectivity index is 1.05. The van der Waals surface area contributed by atoms with Crippen molar-refractivity contribution in [2.24, 2.45) is 0 Å². The van der Waals surface area contributed by atoms with Gasteiger partial charge in [0.1, 0.15) is 30.4 Å². The van der Waals surface area contributed by atoms with Crippen molar-refractivity contribution in [3.63, 3.8) is 0 Å². The molecular weight excluding hydrogens is 781 g/mol. The standard InChI is InChI=1S/C43H36N4O9S2/c48-33-26-57-40-35(39(51)47(40)36(33)41(52)56-37(29-17-9-3-10-18-29)30-19-11-4-12-20-30)45-38(50)31(21-22-34(49)54-23-27-13-5-1-6-14-27)32-25-58-42(44-32)46-43(53)55-24-28-15-7-2-8-16-28/h1-21,25,35,37,40,48H,22-24,26H2,(H,45,50)(H,44,46,53)/b31-21+/t35-,40-/m1/s1. The van der Waals surface area contributed by atoms with Gasteiger partial charge < -0.3 is 24.6 Å². The smallest absolute Gasteiger partial charge is 0.413 e. The summed E-state index contributed by atoms with van der Waals surface area (Å²) in [5, 5.41) is 17.1. The largest absolute Gasteiger partial charge is 0.509 e. The molecule has 0 unspecified atom stereocenters. The number of amides is 3. The summed E-state index contributed by atoms with van der Waals surface area (Å²) in [5.41, 5.74) is 2.71. The van der Waals surface area contributed by atoms with Crippen molar-refractivity contribution in [2.45, 2.75) is 37.2 Å². The molecule has 1 aromatic heterocycles. The Morgan fingerprint density at radius 2 is 1.40 bits per heavy atom. The lowest BCUT2D eigenvalue weighted by Gasteiger charge is -2.49. The maximum Gasteiger partial charge on any atom is 0.413 e. The number of thiazole rings is 1. The first-order valence-electron chi connectivity index (χ1n) is 18.1. The van der Waals surface area contributed by atoms with Crippen molar-refractivity contribution in [3.8, 4) is 0 Å². The number of nitrogens with zero attached hydrogens (tertiary/aromatic N) is 2. The van der Waals surface area contributed by atoms with Crippen molar-refractivity contribution in [3.05, 3.63) is 172 Å². The highest BCUT2D eigenvalue weighted by Gasteiger charge is 2.55. The van der Waals surface area contributed by atoms with E-state index in [4.69, 9.17) is 14.2 Å². The fourth-order valence-corrected chi connectivity index (χ4v) is 8.05. The van der Waals surface area contributed by atoms with Crippen LogP contribution in [0.4, 0.5) is 9.93 Å². The van der Waals surface area contributed by atoms with Crippen LogP contribution < -0.4 is 10.6 Å². The Labute approximate surface area is 341 Å². The zero-order valence-electron chi connectivity index (χ0n) is 30.7. The Morgan fingerprint density at radius 1 is 0.828 bits per heavy atom. The van der Waals surface area contributed by atoms with E-state index in [2.05, 4.69) is 15.6 Å². The number of rotatable bonds is 14. The molecule has 0 bridgehead atoms. The number of anilines is 1. The van der Waals surface area contributed by atoms with Gasteiger partial charge in [-0.3, -0.25) is 24.6 Å². The summed E-state index contributed by atoms with van der Waals surface area (Å²) in [4.78, 5) is 72.4. The van der Waals surface area contributed by atoms with Crippen LogP contribution in [0.3, 0.4) is 0 Å². The molecule has 0 radical (unpaired) electrons. The van der Waals surface area contributed by atoms with Gasteiger partial charge in [0, 0.05) is 5.38 Å². The Morgan fingerprint density at radius 3 is 2.00 bits per heavy atom. The predicted molar refractivity (Wildman–Crippen MR) is 217 cm³/mol. The lowest BCUT2D eigenvalue weighted by Crippen LogP contribution is -2.70. The molecule has 2 aliphatic rings. The number of aromatic nitrogens is 1. The van der Waals surface area contributed by atoms with Gasteiger partial charge in [0.2, 0.25) is 0 Å². The van der Waals surface area contributed by atoms with Crippen LogP contribution >= 0.6 is 23.1 Å². The Kier molecular flexibility index (Phi) is 12.6. The van der Waals surface area contributed by atoms with Gasteiger partial charge in [-0.15, -0.1) is 23.1 Å². The number of carbonyl (C=O) groups is 5. The first-order chi connectivity index (χ1) is 28.2. The average molecular weight is 817 g/mol. The minimum absolute atomic E-state index is 0.0238. The Hall–Kier alpha value is -6.71. The summed E-state index contributed by atoms with van der Waals surface area (Å²) in [6, 6.07) is 35.3. The minimum Gasteiger partial charge on any atom is -0.509 e. The molecule has 2 atom stereocenters. The number of hydrogen-bond acceptors (Lipinski definition) is 12. The Bertz CT molecular complexity index is 2300. The van der Waals surface area contributed by atoms with Crippen LogP contribution in [0.2, 0.25) is 0 Å². The van der Waals surface area contributed by atoms with E-state index in [-0.39, 0.29) is 53.2 Å². The minimum atomic E-state index is -1.11. The van der Waals surface area contributed by atoms with E-state index in [1.54, 1.807) is 0 Å². The number of ether oxygens (including phenoxy) is 3. The molecule has 0 saturated carbocycles. The van der Waals surface area contributed by atoms with E-state index in [0.29, 0.717) is 11.1 Å². The van der Waals surface area contributed by atoms with E-state index in [9.17, 15) is 29.1 Å². The molecule has 58 heavy (non-hydrogen) atoms. The topological polar surface area (TPSA) is 173 Å². The second-order valence-electron chi connectivity index (χ2n) is 13.0. The van der Waals surface area contributed by atoms with E-state index >= 15 is 0 Å². The van der Waals surface area contributed by atoms with Crippen LogP contribution in [0.25, 0.3) is 5.57 Å². The first-order valence-corrected chi connectivity index (χ1v) is 20.0. The van der Waals surface area contributed by atoms with Gasteiger partial charge in [-0.2, -0.15) is 0 Å². The SMILES string of the molecule is O=C(C/C=C(/C(=O)N[C@@H]1C(=O)N2C(C(=O)OC(c3ccccc3)c3ccccc3)=C(O)CS[C@H]12)c1csc(NC(=O)OCc2ccccc2)n1)OCc1ccccc1. The number of hydrogen-bond donors (Lipinski definition) is 3. The maximum atomic E-state index is 14.0. The van der Waals surface area contributed by atoms with Gasteiger partial charge in [-0.1, -0.05) is 127 Å². The summed E-state index contributed by atoms with van der Waals surface area (Å²) in [6.45, 7) is 0.0565. The molecule has 3 heterocycles. The van der Waals surface area contributed by atoms with Gasteiger partial charge in [-0.25, -0.2) is 14.6 Å². The van der Waals surface area contributed by atoms with Gasteiger partial charge >= 0.3 is 18.0 Å². The number of aliphatic hydroxyl groups excluding tert-OH is 1. The molecule has 1 saturated heterocycles. The third kappa shape index (κ3) is 9.45. The fraction of sp³-hybridized carbons (Fsp3) is 0.163. The first kappa shape index (κ1) is 39.5. The molecule has 2 aliphatic heterocycles. The number of fused-ring (bicyclic) bond motifs is 1. The lowest BCUT2D eigenvalue weighted by atomic mass is 10.0. The molecule has 5 aromatic rings. The average Bonchev–Trinajstić information content (AvgIpc) is 3.72. The predicted octanol–water partition coefficient (Wildman–Crippen LogP) is 6.91. The van der Waals surface area contributed by atoms with E-state index in [1.807, 2.05) is 121 Å². The second kappa shape index (κ2) is 18.5. The van der Waals surface area contributed by atoms with E-state index in [1.165, 1.54) is 11.5 Å². The molecule has 3 amide bonds. The molecule has 1 fully saturated rings. The zero-order valence-corrected chi connectivity index (χ0v) is 32.3. The molecule has 15 heteroatoms. The van der Waals surface area contributed by atoms with Crippen LogP contribution in [-0.4, -0.2) is 62.0 Å². The molecule has 294 valence electrons. The number of esters is 2. The number of thioether (sulfide) groups is 1. The number of aliphatic hydroxyl groups is 1. The second-order valence-corrected chi connectivity index (χ2v) is 14.9. The maximum absolute atomic E-state index is 14.0. The van der Waals surface area contributed by atoms with Gasteiger partial charge in [0.25, 0.3) is 11.8 Å². The number of nitrogens with one attached hydrogen (secondary N) is 2. The van der Waals surface area contributed by atoms with Crippen molar-refractivity contribution >= 4 is 63.6 Å². The van der Waals surface area contributed by atoms with Crippen LogP contribution in [0.5, 0.6) is 0 Å². The molecule has 0 spiro atoms. The summed E-state index contributed by atoms with van der Waals surface area (Å²) >= 11 is 2.18. The van der Waals surface area contributed by atoms with Gasteiger partial charge in [0.15, 0.2) is 16.9 Å². The lowest BCUT2D eigenvalue weighted by molar-refractivity contribution is -0.154. The monoisotopic (exact) mass is 816 g/mol. The van der Waals surface area contributed by atoms with E-state index in [0.717, 1.165) is 39.1 Å². The van der Waals surface area contributed by atoms with Crippen molar-refractivity contribution in [1.82, 2.24) is 15.2 Å². The van der Waals surface area contributed by atoms with Crippen molar-refractivity contribution in [2.75, 3.05) is 11.1 Å². The van der Waals surface area contributed by atoms with Gasteiger partial charge in [0.05, 0.1) is 23.4 Å². The molecule has 4 aromatic carbocycles. The van der Waals surface area contributed by atoms with Gasteiger partial charge in [-0.05, 0) is 22.3 Å². The zero-order chi connectivity index (χ0) is 40.4. The molecule has 3 N–H and O–H groups in total. The molecule has 7 rings (SSSR count). The molecular formula is C43H36N4O9S2. The highest BCUT2D eigenvalue weighted by Crippen LogP contribution is 2.41. The third-order valence-corrected chi connectivity index (χ3v) is 11.0. The summed E-state index contributed by atoms with van der Waals surface area (Å²) in [5.74, 6) is -3.27. The third-order valence-electron chi connectivity index (χ3n) is 9.02. The van der Waals surface area contributed by atoms with Crippen LogP contribution in [0.1, 0.15) is 40.5 Å². The van der Waals surface area contributed by atoms with Crippen LogP contribution in [-0.2, 0) is 46.6 Å².